The van der Waals surface area contributed by atoms with E-state index in [0.717, 1.165) is 25.8 Å². The average Bonchev–Trinajstić information content (AvgIpc) is 2.74. The number of nitrogens with one attached hydrogen (secondary N) is 2. The molecule has 1 amide bonds. The van der Waals surface area contributed by atoms with Crippen molar-refractivity contribution in [2.75, 3.05) is 5.32 Å². The Labute approximate surface area is 111 Å². The number of aryl methyl sites for hydroxylation is 1. The molecule has 1 aromatic rings. The second-order valence-corrected chi connectivity index (χ2v) is 4.22. The minimum Gasteiger partial charge on any atom is -0.303 e. The fourth-order valence-electron chi connectivity index (χ4n) is 1.24. The van der Waals surface area contributed by atoms with Gasteiger partial charge in [0.15, 0.2) is 5.11 Å². The summed E-state index contributed by atoms with van der Waals surface area (Å²) in [5, 5.41) is 17.2. The number of thiocarbonyl (C=S) groups is 1. The number of unbranched alkanes of at least 4 members (excludes halogenated alkanes) is 1. The van der Waals surface area contributed by atoms with Crippen LogP contribution in [0.4, 0.5) is 5.95 Å². The van der Waals surface area contributed by atoms with E-state index in [9.17, 15) is 4.79 Å². The standard InChI is InChI=1S/C10H18N6OS/c1-3-5-7-16-14-9(13-15-16)12-10(18)11-8(17)6-4-2/h3-7H2,1-2H3,(H2,11,12,14,17,18). The minimum absolute atomic E-state index is 0.117. The third kappa shape index (κ3) is 5.17. The first-order valence-electron chi connectivity index (χ1n) is 6.04. The van der Waals surface area contributed by atoms with Crippen molar-refractivity contribution < 1.29 is 4.79 Å². The molecule has 1 aromatic heterocycles. The first-order valence-corrected chi connectivity index (χ1v) is 6.45. The maximum Gasteiger partial charge on any atom is 0.269 e. The Morgan fingerprint density at radius 2 is 2.17 bits per heavy atom. The summed E-state index contributed by atoms with van der Waals surface area (Å²) in [6.45, 7) is 4.74. The van der Waals surface area contributed by atoms with E-state index < -0.39 is 0 Å². The number of hydrogen-bond donors (Lipinski definition) is 2. The molecule has 0 radical (unpaired) electrons. The zero-order valence-electron chi connectivity index (χ0n) is 10.6. The van der Waals surface area contributed by atoms with Crippen LogP contribution in [0.25, 0.3) is 0 Å². The summed E-state index contributed by atoms with van der Waals surface area (Å²) in [5.41, 5.74) is 0. The number of hydrogen-bond acceptors (Lipinski definition) is 5. The summed E-state index contributed by atoms with van der Waals surface area (Å²) in [7, 11) is 0. The lowest BCUT2D eigenvalue weighted by molar-refractivity contribution is -0.119. The van der Waals surface area contributed by atoms with Gasteiger partial charge in [-0.3, -0.25) is 10.1 Å². The Balaban J connectivity index is 2.39. The van der Waals surface area contributed by atoms with Crippen LogP contribution in [0.15, 0.2) is 0 Å². The minimum atomic E-state index is -0.117. The third-order valence-corrected chi connectivity index (χ3v) is 2.32. The molecule has 1 heterocycles. The van der Waals surface area contributed by atoms with Gasteiger partial charge >= 0.3 is 0 Å². The van der Waals surface area contributed by atoms with Crippen molar-refractivity contribution in [3.63, 3.8) is 0 Å². The van der Waals surface area contributed by atoms with Crippen LogP contribution in [0.5, 0.6) is 0 Å². The normalized spacial score (nSPS) is 10.1. The Morgan fingerprint density at radius 3 is 2.83 bits per heavy atom. The number of amides is 1. The van der Waals surface area contributed by atoms with Crippen molar-refractivity contribution in [3.8, 4) is 0 Å². The van der Waals surface area contributed by atoms with Gasteiger partial charge in [-0.2, -0.15) is 4.80 Å². The van der Waals surface area contributed by atoms with Crippen LogP contribution < -0.4 is 10.6 Å². The van der Waals surface area contributed by atoms with Gasteiger partial charge < -0.3 is 5.32 Å². The molecule has 0 aliphatic rings. The molecular weight excluding hydrogens is 252 g/mol. The summed E-state index contributed by atoms with van der Waals surface area (Å²) >= 11 is 4.96. The van der Waals surface area contributed by atoms with Gasteiger partial charge in [0.05, 0.1) is 6.54 Å². The molecule has 1 rings (SSSR count). The topological polar surface area (TPSA) is 84.7 Å². The lowest BCUT2D eigenvalue weighted by Gasteiger charge is -2.04. The molecule has 0 fully saturated rings. The van der Waals surface area contributed by atoms with Gasteiger partial charge in [0, 0.05) is 6.42 Å². The van der Waals surface area contributed by atoms with Crippen molar-refractivity contribution in [2.24, 2.45) is 0 Å². The lowest BCUT2D eigenvalue weighted by atomic mass is 10.3. The predicted molar refractivity (Wildman–Crippen MR) is 72.0 cm³/mol. The van der Waals surface area contributed by atoms with E-state index in [0.29, 0.717) is 12.4 Å². The van der Waals surface area contributed by atoms with Crippen molar-refractivity contribution in [1.82, 2.24) is 25.5 Å². The van der Waals surface area contributed by atoms with Gasteiger partial charge in [0.25, 0.3) is 5.95 Å². The maximum absolute atomic E-state index is 11.3. The first-order chi connectivity index (χ1) is 8.65. The fraction of sp³-hybridized carbons (Fsp3) is 0.700. The van der Waals surface area contributed by atoms with Crippen LogP contribution in [0.2, 0.25) is 0 Å². The van der Waals surface area contributed by atoms with Gasteiger partial charge in [0.2, 0.25) is 5.91 Å². The quantitative estimate of drug-likeness (QED) is 0.753. The van der Waals surface area contributed by atoms with Gasteiger partial charge in [-0.05, 0) is 30.3 Å². The number of aromatic nitrogens is 4. The maximum atomic E-state index is 11.3. The van der Waals surface area contributed by atoms with E-state index in [2.05, 4.69) is 33.0 Å². The van der Waals surface area contributed by atoms with Crippen LogP contribution in [-0.2, 0) is 11.3 Å². The van der Waals surface area contributed by atoms with Gasteiger partial charge in [-0.15, -0.1) is 5.10 Å². The Morgan fingerprint density at radius 1 is 1.39 bits per heavy atom. The highest BCUT2D eigenvalue weighted by molar-refractivity contribution is 7.80. The second kappa shape index (κ2) is 7.70. The van der Waals surface area contributed by atoms with E-state index in [1.54, 1.807) is 0 Å². The molecular formula is C10H18N6OS. The SMILES string of the molecule is CCCCn1nnc(NC(=S)NC(=O)CCC)n1. The van der Waals surface area contributed by atoms with Crippen LogP contribution in [-0.4, -0.2) is 31.2 Å². The number of carbonyl (C=O) groups is 1. The molecule has 0 saturated heterocycles. The van der Waals surface area contributed by atoms with Crippen molar-refractivity contribution in [1.29, 1.82) is 0 Å². The molecule has 0 aromatic carbocycles. The highest BCUT2D eigenvalue weighted by Crippen LogP contribution is 1.96. The van der Waals surface area contributed by atoms with Crippen molar-refractivity contribution in [3.05, 3.63) is 0 Å². The predicted octanol–water partition coefficient (Wildman–Crippen LogP) is 1.09. The smallest absolute Gasteiger partial charge is 0.269 e. The summed E-state index contributed by atoms with van der Waals surface area (Å²) in [6.07, 6.45) is 3.28. The summed E-state index contributed by atoms with van der Waals surface area (Å²) < 4.78 is 0. The first kappa shape index (κ1) is 14.5. The number of rotatable bonds is 6. The number of carbonyl (C=O) groups excluding carboxylic acids is 1. The molecule has 0 atom stereocenters. The molecule has 7 nitrogen and oxygen atoms in total. The highest BCUT2D eigenvalue weighted by atomic mass is 32.1. The highest BCUT2D eigenvalue weighted by Gasteiger charge is 2.07. The molecule has 8 heteroatoms. The monoisotopic (exact) mass is 270 g/mol. The Hall–Kier alpha value is -1.57. The molecule has 0 bridgehead atoms. The summed E-state index contributed by atoms with van der Waals surface area (Å²) in [6, 6.07) is 0. The van der Waals surface area contributed by atoms with Crippen LogP contribution in [0, 0.1) is 0 Å². The molecule has 100 valence electrons. The van der Waals surface area contributed by atoms with Crippen molar-refractivity contribution in [2.45, 2.75) is 46.1 Å². The van der Waals surface area contributed by atoms with Gasteiger partial charge in [-0.25, -0.2) is 0 Å². The summed E-state index contributed by atoms with van der Waals surface area (Å²) in [4.78, 5) is 12.8. The van der Waals surface area contributed by atoms with E-state index >= 15 is 0 Å². The Kier molecular flexibility index (Phi) is 6.20. The van der Waals surface area contributed by atoms with Crippen LogP contribution in [0.3, 0.4) is 0 Å². The number of anilines is 1. The molecule has 2 N–H and O–H groups in total. The number of nitrogens with zero attached hydrogens (tertiary/aromatic N) is 4. The molecule has 0 aliphatic heterocycles. The van der Waals surface area contributed by atoms with Crippen LogP contribution >= 0.6 is 12.2 Å². The fourth-order valence-corrected chi connectivity index (χ4v) is 1.44. The van der Waals surface area contributed by atoms with E-state index in [1.165, 1.54) is 4.80 Å². The largest absolute Gasteiger partial charge is 0.303 e. The van der Waals surface area contributed by atoms with Gasteiger partial charge in [-0.1, -0.05) is 25.4 Å². The summed E-state index contributed by atoms with van der Waals surface area (Å²) in [5.74, 6) is 0.182. The van der Waals surface area contributed by atoms with Crippen LogP contribution in [0.1, 0.15) is 39.5 Å². The Bertz CT molecular complexity index is 405. The van der Waals surface area contributed by atoms with Crippen molar-refractivity contribution >= 4 is 29.2 Å². The zero-order chi connectivity index (χ0) is 13.4. The number of tetrazole rings is 1. The van der Waals surface area contributed by atoms with E-state index in [-0.39, 0.29) is 11.0 Å². The van der Waals surface area contributed by atoms with E-state index in [1.807, 2.05) is 6.92 Å². The molecule has 0 saturated carbocycles. The molecule has 0 aliphatic carbocycles. The van der Waals surface area contributed by atoms with Gasteiger partial charge in [0.1, 0.15) is 0 Å². The second-order valence-electron chi connectivity index (χ2n) is 3.81. The average molecular weight is 270 g/mol. The lowest BCUT2D eigenvalue weighted by Crippen LogP contribution is -2.34. The zero-order valence-corrected chi connectivity index (χ0v) is 11.5. The molecule has 0 unspecified atom stereocenters. The third-order valence-electron chi connectivity index (χ3n) is 2.12. The molecule has 0 spiro atoms. The van der Waals surface area contributed by atoms with E-state index in [4.69, 9.17) is 12.2 Å². The molecule has 18 heavy (non-hydrogen) atoms.